The molecular weight excluding hydrogens is 311 g/mol. The van der Waals surface area contributed by atoms with Gasteiger partial charge < -0.3 is 11.1 Å². The Balaban J connectivity index is 2.31. The molecule has 0 aliphatic carbocycles. The van der Waals surface area contributed by atoms with Crippen LogP contribution < -0.4 is 11.1 Å². The molecule has 0 saturated heterocycles. The maximum atomic E-state index is 13.6. The second-order valence-electron chi connectivity index (χ2n) is 4.16. The summed E-state index contributed by atoms with van der Waals surface area (Å²) in [6, 6.07) is 9.48. The van der Waals surface area contributed by atoms with Crippen LogP contribution in [0.3, 0.4) is 0 Å². The van der Waals surface area contributed by atoms with Gasteiger partial charge in [-0.3, -0.25) is 4.79 Å². The zero-order chi connectivity index (χ0) is 14.0. The summed E-state index contributed by atoms with van der Waals surface area (Å²) in [4.78, 5) is 12.1. The van der Waals surface area contributed by atoms with Crippen LogP contribution in [0.15, 0.2) is 40.9 Å². The zero-order valence-electron chi connectivity index (χ0n) is 10.2. The van der Waals surface area contributed by atoms with E-state index >= 15 is 0 Å². The highest BCUT2D eigenvalue weighted by molar-refractivity contribution is 9.10. The lowest BCUT2D eigenvalue weighted by Gasteiger charge is -2.10. The van der Waals surface area contributed by atoms with E-state index < -0.39 is 11.7 Å². The van der Waals surface area contributed by atoms with Gasteiger partial charge in [0.2, 0.25) is 0 Å². The van der Waals surface area contributed by atoms with E-state index in [-0.39, 0.29) is 5.69 Å². The Hall–Kier alpha value is -1.88. The molecule has 0 atom stereocenters. The molecule has 0 heterocycles. The van der Waals surface area contributed by atoms with Gasteiger partial charge in [-0.1, -0.05) is 28.1 Å². The predicted octanol–water partition coefficient (Wildman–Crippen LogP) is 3.73. The topological polar surface area (TPSA) is 55.1 Å². The number of rotatable bonds is 2. The second-order valence-corrected chi connectivity index (χ2v) is 5.07. The van der Waals surface area contributed by atoms with E-state index in [4.69, 9.17) is 5.73 Å². The Labute approximate surface area is 118 Å². The summed E-state index contributed by atoms with van der Waals surface area (Å²) in [7, 11) is 0. The predicted molar refractivity (Wildman–Crippen MR) is 77.6 cm³/mol. The number of nitrogen functional groups attached to an aromatic ring is 1. The Kier molecular flexibility index (Phi) is 3.85. The van der Waals surface area contributed by atoms with Gasteiger partial charge in [0.1, 0.15) is 5.82 Å². The summed E-state index contributed by atoms with van der Waals surface area (Å²) in [6.45, 7) is 1.73. The number of nitrogens with one attached hydrogen (secondary N) is 1. The second kappa shape index (κ2) is 5.40. The lowest BCUT2D eigenvalue weighted by molar-refractivity contribution is 0.102. The van der Waals surface area contributed by atoms with E-state index in [1.54, 1.807) is 31.2 Å². The Bertz CT molecular complexity index is 603. The van der Waals surface area contributed by atoms with Crippen LogP contribution in [-0.4, -0.2) is 5.91 Å². The van der Waals surface area contributed by atoms with Crippen molar-refractivity contribution in [3.8, 4) is 0 Å². The average Bonchev–Trinajstić information content (AvgIpc) is 2.32. The number of halogens is 2. The quantitative estimate of drug-likeness (QED) is 0.828. The first-order chi connectivity index (χ1) is 8.97. The standard InChI is InChI=1S/C14H12BrFN2O/c1-8-3-2-4-12(16)13(8)18-14(19)9-5-10(15)7-11(17)6-9/h2-7H,17H2,1H3,(H,18,19). The smallest absolute Gasteiger partial charge is 0.255 e. The fraction of sp³-hybridized carbons (Fsp3) is 0.0714. The highest BCUT2D eigenvalue weighted by atomic mass is 79.9. The molecule has 0 aliphatic heterocycles. The lowest BCUT2D eigenvalue weighted by atomic mass is 10.1. The number of hydrogen-bond acceptors (Lipinski definition) is 2. The van der Waals surface area contributed by atoms with Gasteiger partial charge in [-0.05, 0) is 36.8 Å². The third kappa shape index (κ3) is 3.12. The highest BCUT2D eigenvalue weighted by Crippen LogP contribution is 2.22. The Morgan fingerprint density at radius 3 is 2.68 bits per heavy atom. The number of anilines is 2. The number of amides is 1. The first-order valence-electron chi connectivity index (χ1n) is 5.60. The van der Waals surface area contributed by atoms with Crippen molar-refractivity contribution in [3.05, 3.63) is 57.8 Å². The molecule has 2 rings (SSSR count). The summed E-state index contributed by atoms with van der Waals surface area (Å²) >= 11 is 3.26. The SMILES string of the molecule is Cc1cccc(F)c1NC(=O)c1cc(N)cc(Br)c1. The van der Waals surface area contributed by atoms with Gasteiger partial charge in [0.05, 0.1) is 5.69 Å². The van der Waals surface area contributed by atoms with E-state index in [2.05, 4.69) is 21.2 Å². The molecule has 0 unspecified atom stereocenters. The molecular formula is C14H12BrFN2O. The molecule has 0 bridgehead atoms. The minimum atomic E-state index is -0.462. The molecule has 19 heavy (non-hydrogen) atoms. The maximum absolute atomic E-state index is 13.6. The van der Waals surface area contributed by atoms with Crippen molar-refractivity contribution >= 4 is 33.2 Å². The molecule has 5 heteroatoms. The third-order valence-electron chi connectivity index (χ3n) is 2.64. The molecule has 3 nitrogen and oxygen atoms in total. The summed E-state index contributed by atoms with van der Waals surface area (Å²) < 4.78 is 14.3. The summed E-state index contributed by atoms with van der Waals surface area (Å²) in [5, 5.41) is 2.56. The number of carbonyl (C=O) groups excluding carboxylic acids is 1. The van der Waals surface area contributed by atoms with Gasteiger partial charge >= 0.3 is 0 Å². The van der Waals surface area contributed by atoms with E-state index in [0.29, 0.717) is 21.3 Å². The van der Waals surface area contributed by atoms with E-state index in [9.17, 15) is 9.18 Å². The maximum Gasteiger partial charge on any atom is 0.255 e. The van der Waals surface area contributed by atoms with Gasteiger partial charge in [-0.15, -0.1) is 0 Å². The summed E-state index contributed by atoms with van der Waals surface area (Å²) in [5.74, 6) is -0.863. The van der Waals surface area contributed by atoms with Crippen molar-refractivity contribution in [2.45, 2.75) is 6.92 Å². The first kappa shape index (κ1) is 13.5. The monoisotopic (exact) mass is 322 g/mol. The minimum absolute atomic E-state index is 0.186. The Morgan fingerprint density at radius 2 is 2.05 bits per heavy atom. The van der Waals surface area contributed by atoms with E-state index in [0.717, 1.165) is 0 Å². The van der Waals surface area contributed by atoms with Crippen molar-refractivity contribution in [1.82, 2.24) is 0 Å². The number of nitrogens with two attached hydrogens (primary N) is 1. The van der Waals surface area contributed by atoms with Gasteiger partial charge in [0.15, 0.2) is 0 Å². The van der Waals surface area contributed by atoms with Crippen molar-refractivity contribution < 1.29 is 9.18 Å². The largest absolute Gasteiger partial charge is 0.399 e. The number of aryl methyl sites for hydroxylation is 1. The average molecular weight is 323 g/mol. The molecule has 3 N–H and O–H groups in total. The van der Waals surface area contributed by atoms with Crippen LogP contribution in [0, 0.1) is 12.7 Å². The minimum Gasteiger partial charge on any atom is -0.399 e. The molecule has 0 saturated carbocycles. The molecule has 2 aromatic rings. The van der Waals surface area contributed by atoms with Gasteiger partial charge in [-0.25, -0.2) is 4.39 Å². The number of para-hydroxylation sites is 1. The normalized spacial score (nSPS) is 10.3. The first-order valence-corrected chi connectivity index (χ1v) is 6.39. The molecule has 0 spiro atoms. The van der Waals surface area contributed by atoms with Crippen molar-refractivity contribution in [2.24, 2.45) is 0 Å². The summed E-state index contributed by atoms with van der Waals surface area (Å²) in [5.41, 5.74) is 7.35. The van der Waals surface area contributed by atoms with Gasteiger partial charge in [-0.2, -0.15) is 0 Å². The Morgan fingerprint density at radius 1 is 1.32 bits per heavy atom. The molecule has 98 valence electrons. The number of carbonyl (C=O) groups is 1. The van der Waals surface area contributed by atoms with Crippen LogP contribution in [0.2, 0.25) is 0 Å². The van der Waals surface area contributed by atoms with Gasteiger partial charge in [0.25, 0.3) is 5.91 Å². The van der Waals surface area contributed by atoms with Crippen LogP contribution >= 0.6 is 15.9 Å². The van der Waals surface area contributed by atoms with Crippen LogP contribution in [0.4, 0.5) is 15.8 Å². The molecule has 0 aliphatic rings. The molecule has 1 amide bonds. The highest BCUT2D eigenvalue weighted by Gasteiger charge is 2.12. The van der Waals surface area contributed by atoms with Crippen LogP contribution in [0.25, 0.3) is 0 Å². The van der Waals surface area contributed by atoms with Crippen molar-refractivity contribution in [1.29, 1.82) is 0 Å². The number of hydrogen-bond donors (Lipinski definition) is 2. The fourth-order valence-corrected chi connectivity index (χ4v) is 2.23. The van der Waals surface area contributed by atoms with Crippen LogP contribution in [-0.2, 0) is 0 Å². The zero-order valence-corrected chi connectivity index (χ0v) is 11.8. The number of benzene rings is 2. The van der Waals surface area contributed by atoms with Crippen molar-refractivity contribution in [3.63, 3.8) is 0 Å². The van der Waals surface area contributed by atoms with Gasteiger partial charge in [0, 0.05) is 15.7 Å². The van der Waals surface area contributed by atoms with Crippen LogP contribution in [0.5, 0.6) is 0 Å². The van der Waals surface area contributed by atoms with E-state index in [1.807, 2.05) is 0 Å². The van der Waals surface area contributed by atoms with Crippen LogP contribution in [0.1, 0.15) is 15.9 Å². The lowest BCUT2D eigenvalue weighted by Crippen LogP contribution is -2.14. The third-order valence-corrected chi connectivity index (χ3v) is 3.10. The van der Waals surface area contributed by atoms with Crippen molar-refractivity contribution in [2.75, 3.05) is 11.1 Å². The summed E-state index contributed by atoms with van der Waals surface area (Å²) in [6.07, 6.45) is 0. The molecule has 0 fully saturated rings. The van der Waals surface area contributed by atoms with E-state index in [1.165, 1.54) is 12.1 Å². The fourth-order valence-electron chi connectivity index (χ4n) is 1.72. The molecule has 2 aromatic carbocycles. The molecule has 0 aromatic heterocycles. The molecule has 0 radical (unpaired) electrons.